The summed E-state index contributed by atoms with van der Waals surface area (Å²) in [6.45, 7) is 5.45. The van der Waals surface area contributed by atoms with Gasteiger partial charge in [-0.1, -0.05) is 251 Å². The minimum Gasteiger partial charge on any atom is -0.452 e. The maximum atomic E-state index is 9.77. The molecular weight excluding hydrogens is 1050 g/mol. The average molecular weight is 1140 g/mol. The van der Waals surface area contributed by atoms with Gasteiger partial charge in [-0.3, -0.25) is 0 Å². The van der Waals surface area contributed by atoms with E-state index in [4.69, 9.17) is 19.5 Å². The lowest BCUT2D eigenvalue weighted by atomic mass is 9.33. The van der Waals surface area contributed by atoms with Gasteiger partial charge in [-0.05, 0) is 150 Å². The second-order valence-electron chi connectivity index (χ2n) is 22.7. The van der Waals surface area contributed by atoms with E-state index in [1.54, 1.807) is 78.9 Å². The predicted molar refractivity (Wildman–Crippen MR) is 368 cm³/mol. The van der Waals surface area contributed by atoms with E-state index in [-0.39, 0.29) is 83.1 Å². The van der Waals surface area contributed by atoms with E-state index in [0.717, 1.165) is 27.8 Å². The van der Waals surface area contributed by atoms with Crippen molar-refractivity contribution in [2.24, 2.45) is 0 Å². The van der Waals surface area contributed by atoms with Gasteiger partial charge in [-0.2, -0.15) is 0 Å². The molecule has 0 atom stereocenters. The Hall–Kier alpha value is -10.9. The molecule has 0 N–H and O–H groups in total. The van der Waals surface area contributed by atoms with Gasteiger partial charge in [0.15, 0.2) is 11.2 Å². The highest BCUT2D eigenvalue weighted by Crippen LogP contribution is 2.51. The summed E-state index contributed by atoms with van der Waals surface area (Å²) in [6, 6.07) is 34.9. The number of aromatic nitrogens is 1. The van der Waals surface area contributed by atoms with Gasteiger partial charge in [0.05, 0.1) is 53.9 Å². The molecule has 5 heteroatoms. The summed E-state index contributed by atoms with van der Waals surface area (Å²) in [7, 11) is 0. The summed E-state index contributed by atoms with van der Waals surface area (Å²) in [6.07, 6.45) is 0. The molecule has 4 heterocycles. The number of para-hydroxylation sites is 4. The van der Waals surface area contributed by atoms with E-state index >= 15 is 0 Å². The van der Waals surface area contributed by atoms with Crippen molar-refractivity contribution in [3.63, 3.8) is 0 Å². The van der Waals surface area contributed by atoms with Crippen LogP contribution < -0.4 is 26.2 Å². The molecule has 2 aliphatic rings. The van der Waals surface area contributed by atoms with E-state index in [2.05, 4.69) is 39.0 Å². The number of hydrogen-bond donors (Lipinski definition) is 0. The van der Waals surface area contributed by atoms with E-state index in [0.29, 0.717) is 55.6 Å². The first-order valence-electron chi connectivity index (χ1n) is 39.9. The minimum atomic E-state index is -0.924. The third kappa shape index (κ3) is 8.22. The maximum absolute atomic E-state index is 9.77. The van der Waals surface area contributed by atoms with Crippen LogP contribution in [0.5, 0.6) is 0 Å². The Labute approximate surface area is 539 Å². The monoisotopic (exact) mass is 1130 g/mol. The lowest BCUT2D eigenvalue weighted by Gasteiger charge is -2.44. The van der Waals surface area contributed by atoms with Gasteiger partial charge in [0.1, 0.15) is 0 Å². The van der Waals surface area contributed by atoms with Crippen LogP contribution in [0.15, 0.2) is 301 Å². The van der Waals surface area contributed by atoms with Gasteiger partial charge in [-0.15, -0.1) is 0 Å². The number of furan rings is 1. The van der Waals surface area contributed by atoms with Crippen molar-refractivity contribution in [2.45, 2.75) is 26.2 Å². The first-order valence-corrected chi connectivity index (χ1v) is 28.4. The van der Waals surface area contributed by atoms with E-state index < -0.39 is 146 Å². The fourth-order valence-corrected chi connectivity index (χ4v) is 12.8. The van der Waals surface area contributed by atoms with Gasteiger partial charge in [0.25, 0.3) is 6.71 Å². The zero-order valence-electron chi connectivity index (χ0n) is 69.8. The summed E-state index contributed by atoms with van der Waals surface area (Å²) in [5.74, 6) is 0. The SMILES string of the molecule is [2H]c1c([2H])c([2H])c(-c2ccc3c(c2)N(c2cc(-c4ccccc4)cc(-c4ccc(C(C)(C)C)cc4)c2)c2cc(-c4c([2H])c([2H])c([2H])c([2H])c4[2H])cc4c2B3c2ccc(-c3c([2H])c([2H])c([2H])c([2H])c3[2H])cc2N4c2cccc3c2oc2c(-n4c5c([2H])c([2H])c([2H])c([2H])c5c5c([2H])c([2H])c([2H])c([2H])c54)cccc23)c([2H])c1[2H]. The summed E-state index contributed by atoms with van der Waals surface area (Å²) < 4.78 is 219. The first-order chi connectivity index (χ1) is 52.3. The molecule has 0 radical (unpaired) electrons. The lowest BCUT2D eigenvalue weighted by Crippen LogP contribution is -2.61. The number of rotatable bonds is 8. The summed E-state index contributed by atoms with van der Waals surface area (Å²) in [5, 5.41) is 0.538. The second-order valence-corrected chi connectivity index (χ2v) is 22.7. The Kier molecular flexibility index (Phi) is 7.40. The third-order valence-electron chi connectivity index (χ3n) is 16.8. The fourth-order valence-electron chi connectivity index (χ4n) is 12.8. The van der Waals surface area contributed by atoms with Crippen LogP contribution in [0.1, 0.15) is 57.9 Å². The van der Waals surface area contributed by atoms with E-state index in [1.165, 1.54) is 4.57 Å². The van der Waals surface area contributed by atoms with Crippen molar-refractivity contribution in [3.8, 4) is 61.3 Å². The Balaban J connectivity index is 1.04. The van der Waals surface area contributed by atoms with Crippen LogP contribution in [-0.4, -0.2) is 11.3 Å². The van der Waals surface area contributed by atoms with Crippen LogP contribution >= 0.6 is 0 Å². The summed E-state index contributed by atoms with van der Waals surface area (Å²) in [5.41, 5.74) is 7.85. The quantitative estimate of drug-likeness (QED) is 0.142. The Bertz CT molecular complexity index is 6490. The molecule has 17 rings (SSSR count). The molecule has 0 spiro atoms. The maximum Gasteiger partial charge on any atom is 0.252 e. The zero-order valence-corrected chi connectivity index (χ0v) is 46.8. The van der Waals surface area contributed by atoms with Crippen molar-refractivity contribution in [1.29, 1.82) is 0 Å². The first kappa shape index (κ1) is 32.4. The average Bonchev–Trinajstić information content (AvgIpc) is 0.884. The van der Waals surface area contributed by atoms with Crippen LogP contribution in [0.3, 0.4) is 0 Å². The molecule has 4 nitrogen and oxygen atoms in total. The standard InChI is InChI=1S/C82H58BN3O/c1-82(2,3)63-42-38-57(39-43-63)61-46-60(55-26-12-6-13-27-55)47-64(48-61)84-75-49-58(53-22-8-4-9-23-53)40-44-69(75)83-70-45-41-59(54-24-10-5-11-25-54)50-76(70)86(78-52-62(51-77(84)79(78)83)56-28-14-7-15-29-56)74-37-21-33-68-67-32-20-36-73(80(67)87-81(68)74)85-71-34-18-16-30-65(71)66-31-17-19-35-72(66)85/h4-52H,1-3H3/i4D,5D,7D,8D,9D,10D,11D,14D,15D,16D,17D,18D,19D,22D,23D,24D,25D,28D,29D,30D,31D,34D,35D. The number of fused-ring (bicyclic) bond motifs is 10. The topological polar surface area (TPSA) is 24.6 Å². The van der Waals surface area contributed by atoms with Gasteiger partial charge in [-0.25, -0.2) is 0 Å². The molecule has 0 unspecified atom stereocenters. The van der Waals surface area contributed by atoms with E-state index in [9.17, 15) is 16.4 Å². The molecule has 410 valence electrons. The van der Waals surface area contributed by atoms with E-state index in [1.807, 2.05) is 70.5 Å². The summed E-state index contributed by atoms with van der Waals surface area (Å²) >= 11 is 0. The van der Waals surface area contributed by atoms with Crippen LogP contribution in [0.2, 0.25) is 0 Å². The van der Waals surface area contributed by atoms with Crippen LogP contribution in [-0.2, 0) is 5.41 Å². The van der Waals surface area contributed by atoms with Gasteiger partial charge in [0, 0.05) is 50.0 Å². The molecule has 0 aliphatic carbocycles. The molecule has 15 aromatic rings. The van der Waals surface area contributed by atoms with Crippen molar-refractivity contribution in [2.75, 3.05) is 9.80 Å². The Morgan fingerprint density at radius 2 is 0.782 bits per heavy atom. The molecule has 87 heavy (non-hydrogen) atoms. The molecule has 2 aromatic heterocycles. The molecule has 0 saturated heterocycles. The fraction of sp³-hybridized carbons (Fsp3) is 0.0488. The molecule has 0 saturated carbocycles. The highest BCUT2D eigenvalue weighted by Gasteiger charge is 2.45. The number of nitrogens with zero attached hydrogens (tertiary/aromatic N) is 3. The van der Waals surface area contributed by atoms with Crippen LogP contribution in [0.25, 0.3) is 105 Å². The van der Waals surface area contributed by atoms with Crippen molar-refractivity contribution >= 4 is 101 Å². The predicted octanol–water partition coefficient (Wildman–Crippen LogP) is 20.4. The second kappa shape index (κ2) is 19.9. The molecule has 0 amide bonds. The lowest BCUT2D eigenvalue weighted by molar-refractivity contribution is 0.590. The number of benzene rings is 13. The molecule has 13 aromatic carbocycles. The highest BCUT2D eigenvalue weighted by molar-refractivity contribution is 7.00. The molecule has 2 aliphatic heterocycles. The van der Waals surface area contributed by atoms with Crippen molar-refractivity contribution in [1.82, 2.24) is 4.57 Å². The van der Waals surface area contributed by atoms with Crippen molar-refractivity contribution < 1.29 is 35.9 Å². The van der Waals surface area contributed by atoms with Crippen LogP contribution in [0, 0.1) is 0 Å². The van der Waals surface area contributed by atoms with Gasteiger partial charge < -0.3 is 18.8 Å². The molecular formula is C82H58BN3O. The largest absolute Gasteiger partial charge is 0.452 e. The Morgan fingerprint density at radius 3 is 1.34 bits per heavy atom. The molecule has 0 fully saturated rings. The van der Waals surface area contributed by atoms with Crippen molar-refractivity contribution in [3.05, 3.63) is 302 Å². The summed E-state index contributed by atoms with van der Waals surface area (Å²) in [4.78, 5) is 3.81. The number of anilines is 6. The smallest absolute Gasteiger partial charge is 0.252 e. The zero-order chi connectivity index (χ0) is 77.9. The highest BCUT2D eigenvalue weighted by atomic mass is 16.3. The van der Waals surface area contributed by atoms with Gasteiger partial charge in [0.2, 0.25) is 0 Å². The third-order valence-corrected chi connectivity index (χ3v) is 16.8. The van der Waals surface area contributed by atoms with Gasteiger partial charge >= 0.3 is 0 Å². The normalized spacial score (nSPS) is 16.4. The molecule has 0 bridgehead atoms. The Morgan fingerprint density at radius 1 is 0.333 bits per heavy atom. The number of hydrogen-bond acceptors (Lipinski definition) is 3. The minimum absolute atomic E-state index is 0.0867. The van der Waals surface area contributed by atoms with Crippen LogP contribution in [0.4, 0.5) is 34.1 Å².